The number of benzene rings is 2. The predicted octanol–water partition coefficient (Wildman–Crippen LogP) is 3.22. The topological polar surface area (TPSA) is 92.5 Å². The highest BCUT2D eigenvalue weighted by Crippen LogP contribution is 2.32. The van der Waals surface area contributed by atoms with E-state index in [-0.39, 0.29) is 29.1 Å². The summed E-state index contributed by atoms with van der Waals surface area (Å²) in [4.78, 5) is 14.8. The number of halogens is 1. The van der Waals surface area contributed by atoms with E-state index < -0.39 is 10.0 Å². The number of fused-ring (bicyclic) bond motifs is 1. The van der Waals surface area contributed by atoms with Crippen LogP contribution in [0.3, 0.4) is 0 Å². The molecule has 6 nitrogen and oxygen atoms in total. The summed E-state index contributed by atoms with van der Waals surface area (Å²) >= 11 is 0. The second-order valence-electron chi connectivity index (χ2n) is 7.18. The number of sulfonamides is 1. The van der Waals surface area contributed by atoms with Crippen LogP contribution in [0.1, 0.15) is 36.2 Å². The molecule has 1 amide bonds. The minimum atomic E-state index is -3.57. The lowest BCUT2D eigenvalue weighted by atomic mass is 9.99. The Morgan fingerprint density at radius 2 is 1.86 bits per heavy atom. The zero-order valence-electron chi connectivity index (χ0n) is 16.0. The van der Waals surface area contributed by atoms with Crippen molar-refractivity contribution in [2.24, 2.45) is 5.92 Å². The van der Waals surface area contributed by atoms with Gasteiger partial charge in [-0.3, -0.25) is 4.79 Å². The van der Waals surface area contributed by atoms with Crippen molar-refractivity contribution in [2.45, 2.75) is 31.6 Å². The molecule has 0 spiro atoms. The molecule has 0 fully saturated rings. The fourth-order valence-electron chi connectivity index (χ4n) is 3.15. The van der Waals surface area contributed by atoms with Crippen molar-refractivity contribution in [3.05, 3.63) is 53.6 Å². The molecule has 8 heteroatoms. The molecule has 28 heavy (non-hydrogen) atoms. The largest absolute Gasteiger partial charge is 0.398 e. The van der Waals surface area contributed by atoms with Crippen molar-refractivity contribution >= 4 is 39.7 Å². The van der Waals surface area contributed by atoms with E-state index in [0.29, 0.717) is 24.3 Å². The first-order chi connectivity index (χ1) is 12.8. The van der Waals surface area contributed by atoms with Gasteiger partial charge in [-0.05, 0) is 60.7 Å². The molecule has 0 aromatic heterocycles. The number of anilines is 2. The molecule has 2 aromatic carbocycles. The summed E-state index contributed by atoms with van der Waals surface area (Å²) in [7, 11) is -3.57. The van der Waals surface area contributed by atoms with Crippen LogP contribution in [0.25, 0.3) is 0 Å². The first kappa shape index (κ1) is 22.2. The van der Waals surface area contributed by atoms with Gasteiger partial charge in [-0.25, -0.2) is 13.1 Å². The standard InChI is InChI=1S/C20H25N3O3S.ClH/c1-14(2)13-22-27(25,26)16-10-8-15(9-11-16)20(24)23-12-4-5-17-18(21)6-3-7-19(17)23;/h3,6-11,14,22H,4-5,12-13,21H2,1-2H3;1H. The highest BCUT2D eigenvalue weighted by Gasteiger charge is 2.25. The number of amides is 1. The van der Waals surface area contributed by atoms with Crippen molar-refractivity contribution in [3.63, 3.8) is 0 Å². The third-order valence-corrected chi connectivity index (χ3v) is 6.06. The maximum absolute atomic E-state index is 13.0. The molecule has 152 valence electrons. The fraction of sp³-hybridized carbons (Fsp3) is 0.350. The minimum absolute atomic E-state index is 0. The number of nitrogens with one attached hydrogen (secondary N) is 1. The van der Waals surface area contributed by atoms with E-state index >= 15 is 0 Å². The molecule has 1 aliphatic rings. The van der Waals surface area contributed by atoms with Crippen LogP contribution in [-0.2, 0) is 16.4 Å². The van der Waals surface area contributed by atoms with E-state index in [1.54, 1.807) is 17.0 Å². The van der Waals surface area contributed by atoms with Crippen LogP contribution in [0.2, 0.25) is 0 Å². The molecule has 1 heterocycles. The monoisotopic (exact) mass is 423 g/mol. The molecule has 0 radical (unpaired) electrons. The molecule has 0 saturated carbocycles. The van der Waals surface area contributed by atoms with Crippen LogP contribution >= 0.6 is 12.4 Å². The lowest BCUT2D eigenvalue weighted by Gasteiger charge is -2.30. The molecule has 0 aliphatic carbocycles. The van der Waals surface area contributed by atoms with Gasteiger partial charge in [-0.2, -0.15) is 0 Å². The predicted molar refractivity (Wildman–Crippen MR) is 115 cm³/mol. The van der Waals surface area contributed by atoms with Gasteiger partial charge in [0, 0.05) is 30.0 Å². The van der Waals surface area contributed by atoms with E-state index in [4.69, 9.17) is 5.73 Å². The average molecular weight is 424 g/mol. The van der Waals surface area contributed by atoms with Gasteiger partial charge in [-0.15, -0.1) is 12.4 Å². The Hall–Kier alpha value is -2.09. The van der Waals surface area contributed by atoms with Crippen LogP contribution in [0.15, 0.2) is 47.4 Å². The van der Waals surface area contributed by atoms with Gasteiger partial charge in [0.1, 0.15) is 0 Å². The van der Waals surface area contributed by atoms with Crippen LogP contribution in [-0.4, -0.2) is 27.4 Å². The highest BCUT2D eigenvalue weighted by molar-refractivity contribution is 7.89. The number of rotatable bonds is 5. The number of nitrogens with two attached hydrogens (primary N) is 1. The summed E-state index contributed by atoms with van der Waals surface area (Å²) in [6.45, 7) is 4.86. The minimum Gasteiger partial charge on any atom is -0.398 e. The van der Waals surface area contributed by atoms with Crippen molar-refractivity contribution in [1.29, 1.82) is 0 Å². The summed E-state index contributed by atoms with van der Waals surface area (Å²) in [5.41, 5.74) is 9.03. The Morgan fingerprint density at radius 1 is 1.18 bits per heavy atom. The van der Waals surface area contributed by atoms with Gasteiger partial charge < -0.3 is 10.6 Å². The van der Waals surface area contributed by atoms with Gasteiger partial charge in [0.15, 0.2) is 0 Å². The van der Waals surface area contributed by atoms with E-state index in [9.17, 15) is 13.2 Å². The zero-order valence-corrected chi connectivity index (χ0v) is 17.6. The number of nitrogen functional groups attached to an aromatic ring is 1. The maximum atomic E-state index is 13.0. The number of carbonyl (C=O) groups is 1. The van der Waals surface area contributed by atoms with E-state index in [2.05, 4.69) is 4.72 Å². The average Bonchev–Trinajstić information content (AvgIpc) is 2.66. The van der Waals surface area contributed by atoms with Crippen LogP contribution in [0.5, 0.6) is 0 Å². The smallest absolute Gasteiger partial charge is 0.258 e. The Balaban J connectivity index is 0.00000280. The van der Waals surface area contributed by atoms with E-state index in [0.717, 1.165) is 24.1 Å². The van der Waals surface area contributed by atoms with Gasteiger partial charge in [0.25, 0.3) is 5.91 Å². The molecule has 2 aromatic rings. The summed E-state index contributed by atoms with van der Waals surface area (Å²) in [5, 5.41) is 0. The molecular weight excluding hydrogens is 398 g/mol. The fourth-order valence-corrected chi connectivity index (χ4v) is 4.37. The lowest BCUT2D eigenvalue weighted by Crippen LogP contribution is -2.35. The van der Waals surface area contributed by atoms with Crippen molar-refractivity contribution < 1.29 is 13.2 Å². The zero-order chi connectivity index (χ0) is 19.6. The first-order valence-electron chi connectivity index (χ1n) is 9.08. The van der Waals surface area contributed by atoms with Crippen LogP contribution < -0.4 is 15.4 Å². The third kappa shape index (κ3) is 4.66. The van der Waals surface area contributed by atoms with Crippen LogP contribution in [0.4, 0.5) is 11.4 Å². The second-order valence-corrected chi connectivity index (χ2v) is 8.94. The third-order valence-electron chi connectivity index (χ3n) is 4.63. The summed E-state index contributed by atoms with van der Waals surface area (Å²) in [6.07, 6.45) is 1.70. The van der Waals surface area contributed by atoms with Gasteiger partial charge >= 0.3 is 0 Å². The van der Waals surface area contributed by atoms with Crippen molar-refractivity contribution in [1.82, 2.24) is 4.72 Å². The molecule has 0 saturated heterocycles. The Morgan fingerprint density at radius 3 is 2.50 bits per heavy atom. The Kier molecular flexibility index (Phi) is 7.09. The molecule has 3 rings (SSSR count). The molecule has 0 bridgehead atoms. The van der Waals surface area contributed by atoms with Gasteiger partial charge in [-0.1, -0.05) is 19.9 Å². The Bertz CT molecular complexity index is 944. The molecular formula is C20H26ClN3O3S. The van der Waals surface area contributed by atoms with Gasteiger partial charge in [0.2, 0.25) is 10.0 Å². The Labute approximate surface area is 172 Å². The number of carbonyl (C=O) groups excluding carboxylic acids is 1. The maximum Gasteiger partial charge on any atom is 0.258 e. The molecule has 0 atom stereocenters. The number of hydrogen-bond donors (Lipinski definition) is 2. The highest BCUT2D eigenvalue weighted by atomic mass is 35.5. The van der Waals surface area contributed by atoms with Gasteiger partial charge in [0.05, 0.1) is 4.90 Å². The first-order valence-corrected chi connectivity index (χ1v) is 10.6. The van der Waals surface area contributed by atoms with Crippen LogP contribution in [0, 0.1) is 5.92 Å². The summed E-state index contributed by atoms with van der Waals surface area (Å²) < 4.78 is 27.2. The van der Waals surface area contributed by atoms with E-state index in [1.807, 2.05) is 32.0 Å². The number of nitrogens with zero attached hydrogens (tertiary/aromatic N) is 1. The van der Waals surface area contributed by atoms with Crippen molar-refractivity contribution in [2.75, 3.05) is 23.7 Å². The second kappa shape index (κ2) is 8.94. The quantitative estimate of drug-likeness (QED) is 0.722. The molecule has 3 N–H and O–H groups in total. The summed E-state index contributed by atoms with van der Waals surface area (Å²) in [5.74, 6) is 0.0628. The number of hydrogen-bond acceptors (Lipinski definition) is 4. The SMILES string of the molecule is CC(C)CNS(=O)(=O)c1ccc(C(=O)N2CCCc3c(N)cccc32)cc1.Cl. The molecule has 1 aliphatic heterocycles. The van der Waals surface area contributed by atoms with E-state index in [1.165, 1.54) is 12.1 Å². The molecule has 0 unspecified atom stereocenters. The lowest BCUT2D eigenvalue weighted by molar-refractivity contribution is 0.0985. The van der Waals surface area contributed by atoms with Crippen molar-refractivity contribution in [3.8, 4) is 0 Å². The normalized spacial score (nSPS) is 13.8. The summed E-state index contributed by atoms with van der Waals surface area (Å²) in [6, 6.07) is 11.7.